The molecule has 0 aliphatic heterocycles. The molecule has 0 heterocycles. The van der Waals surface area contributed by atoms with E-state index in [4.69, 9.17) is 4.74 Å². The summed E-state index contributed by atoms with van der Waals surface area (Å²) in [6.45, 7) is 2.10. The second kappa shape index (κ2) is 7.97. The summed E-state index contributed by atoms with van der Waals surface area (Å²) in [4.78, 5) is 42.7. The molecule has 0 bridgehead atoms. The van der Waals surface area contributed by atoms with E-state index in [1.54, 1.807) is 22.9 Å². The Morgan fingerprint density at radius 3 is 2.26 bits per heavy atom. The van der Waals surface area contributed by atoms with E-state index in [2.05, 4.69) is 13.3 Å². The van der Waals surface area contributed by atoms with Crippen LogP contribution in [0.15, 0.2) is 18.2 Å². The molecule has 0 saturated heterocycles. The van der Waals surface area contributed by atoms with Crippen LogP contribution in [-0.4, -0.2) is 33.8 Å². The Labute approximate surface area is 144 Å². The highest BCUT2D eigenvalue weighted by Gasteiger charge is 2.45. The van der Waals surface area contributed by atoms with Gasteiger partial charge in [0.05, 0.1) is 0 Å². The number of phenols is 2. The number of nitrogens with one attached hydrogen (secondary N) is 1. The average Bonchev–Trinajstić information content (AvgIpc) is 2.47. The monoisotopic (exact) mass is 439 g/mol. The topological polar surface area (TPSA) is 131 Å². The van der Waals surface area contributed by atoms with Gasteiger partial charge in [-0.05, 0) is 17.7 Å². The SMILES string of the molecule is CC(=O)OOC(=O)[C@](Cc1ccc(O)c(O)c1)(NI)OC(C)=O. The van der Waals surface area contributed by atoms with Crippen molar-refractivity contribution in [1.82, 2.24) is 3.53 Å². The standard InChI is InChI=1S/C13H14INO8/c1-7(16)21-13(15-14,12(20)23-22-8(2)17)6-9-3-4-10(18)11(19)5-9/h3-5,15,18-19H,6H2,1-2H3/t13-/m1/s1. The van der Waals surface area contributed by atoms with E-state index in [0.717, 1.165) is 13.8 Å². The Bertz CT molecular complexity index is 620. The summed E-state index contributed by atoms with van der Waals surface area (Å²) in [7, 11) is 0. The van der Waals surface area contributed by atoms with Crippen LogP contribution in [0.1, 0.15) is 19.4 Å². The van der Waals surface area contributed by atoms with Gasteiger partial charge >= 0.3 is 17.9 Å². The van der Waals surface area contributed by atoms with Gasteiger partial charge in [-0.1, -0.05) is 6.07 Å². The van der Waals surface area contributed by atoms with Gasteiger partial charge in [0.15, 0.2) is 11.5 Å². The smallest absolute Gasteiger partial charge is 0.415 e. The largest absolute Gasteiger partial charge is 0.504 e. The number of carbonyl (C=O) groups excluding carboxylic acids is 3. The molecule has 0 unspecified atom stereocenters. The fraction of sp³-hybridized carbons (Fsp3) is 0.308. The van der Waals surface area contributed by atoms with Gasteiger partial charge in [-0.25, -0.2) is 22.9 Å². The van der Waals surface area contributed by atoms with Crippen LogP contribution in [0.4, 0.5) is 0 Å². The number of phenolic OH excluding ortho intramolecular Hbond substituents is 2. The molecule has 1 aromatic rings. The molecule has 1 atom stereocenters. The van der Waals surface area contributed by atoms with Gasteiger partial charge in [0.2, 0.25) is 0 Å². The van der Waals surface area contributed by atoms with Crippen LogP contribution in [0.2, 0.25) is 0 Å². The minimum atomic E-state index is -1.99. The quantitative estimate of drug-likeness (QED) is 0.116. The fourth-order valence-corrected chi connectivity index (χ4v) is 2.14. The van der Waals surface area contributed by atoms with Gasteiger partial charge in [-0.3, -0.25) is 4.79 Å². The molecule has 0 radical (unpaired) electrons. The van der Waals surface area contributed by atoms with Crippen LogP contribution in [0, 0.1) is 0 Å². The van der Waals surface area contributed by atoms with Crippen molar-refractivity contribution >= 4 is 40.8 Å². The number of benzene rings is 1. The molecule has 0 fully saturated rings. The van der Waals surface area contributed by atoms with Gasteiger partial charge in [0.1, 0.15) is 0 Å². The number of rotatable bonds is 5. The van der Waals surface area contributed by atoms with Crippen molar-refractivity contribution in [2.45, 2.75) is 26.0 Å². The summed E-state index contributed by atoms with van der Waals surface area (Å²) in [5, 5.41) is 18.8. The number of carbonyl (C=O) groups is 3. The molecule has 3 N–H and O–H groups in total. The van der Waals surface area contributed by atoms with Gasteiger partial charge < -0.3 is 14.9 Å². The van der Waals surface area contributed by atoms with Gasteiger partial charge in [0.25, 0.3) is 5.72 Å². The molecule has 0 aliphatic rings. The van der Waals surface area contributed by atoms with Crippen molar-refractivity contribution < 1.29 is 39.1 Å². The minimum absolute atomic E-state index is 0.260. The molecular weight excluding hydrogens is 425 g/mol. The lowest BCUT2D eigenvalue weighted by Gasteiger charge is -2.28. The lowest BCUT2D eigenvalue weighted by atomic mass is 10.0. The molecule has 0 spiro atoms. The Kier molecular flexibility index (Phi) is 6.57. The molecule has 9 nitrogen and oxygen atoms in total. The minimum Gasteiger partial charge on any atom is -0.504 e. The number of esters is 1. The third-order valence-corrected chi connectivity index (χ3v) is 3.40. The van der Waals surface area contributed by atoms with Crippen LogP contribution in [0.25, 0.3) is 0 Å². The van der Waals surface area contributed by atoms with Gasteiger partial charge in [-0.15, -0.1) is 0 Å². The first-order valence-electron chi connectivity index (χ1n) is 6.18. The summed E-state index contributed by atoms with van der Waals surface area (Å²) < 4.78 is 7.46. The van der Waals surface area contributed by atoms with Crippen LogP contribution in [0.5, 0.6) is 11.5 Å². The summed E-state index contributed by atoms with van der Waals surface area (Å²) in [5.74, 6) is -3.61. The maximum Gasteiger partial charge on any atom is 0.415 e. The predicted octanol–water partition coefficient (Wildman–Crippen LogP) is 0.861. The first-order chi connectivity index (χ1) is 10.7. The van der Waals surface area contributed by atoms with E-state index in [1.807, 2.05) is 0 Å². The number of hydrogen-bond acceptors (Lipinski definition) is 9. The van der Waals surface area contributed by atoms with Crippen LogP contribution >= 0.6 is 22.9 Å². The van der Waals surface area contributed by atoms with E-state index in [-0.39, 0.29) is 12.2 Å². The zero-order chi connectivity index (χ0) is 17.6. The Hall–Kier alpha value is -2.08. The fourth-order valence-electron chi connectivity index (χ4n) is 1.62. The predicted molar refractivity (Wildman–Crippen MR) is 83.0 cm³/mol. The van der Waals surface area contributed by atoms with Crippen molar-refractivity contribution in [3.63, 3.8) is 0 Å². The molecule has 0 amide bonds. The van der Waals surface area contributed by atoms with Gasteiger partial charge in [-0.2, -0.15) is 0 Å². The third kappa shape index (κ3) is 5.25. The van der Waals surface area contributed by atoms with Crippen molar-refractivity contribution in [3.05, 3.63) is 23.8 Å². The molecule has 1 rings (SSSR count). The van der Waals surface area contributed by atoms with Crippen LogP contribution in [-0.2, 0) is 35.3 Å². The average molecular weight is 439 g/mol. The van der Waals surface area contributed by atoms with Crippen molar-refractivity contribution in [1.29, 1.82) is 0 Å². The lowest BCUT2D eigenvalue weighted by molar-refractivity contribution is -0.270. The summed E-state index contributed by atoms with van der Waals surface area (Å²) in [5.41, 5.74) is -1.66. The molecule has 0 aliphatic carbocycles. The molecule has 23 heavy (non-hydrogen) atoms. The molecule has 126 valence electrons. The second-order valence-corrected chi connectivity index (χ2v) is 5.00. The molecule has 10 heteroatoms. The van der Waals surface area contributed by atoms with Crippen molar-refractivity contribution in [3.8, 4) is 11.5 Å². The zero-order valence-electron chi connectivity index (χ0n) is 12.2. The van der Waals surface area contributed by atoms with Crippen LogP contribution in [0.3, 0.4) is 0 Å². The maximum absolute atomic E-state index is 12.1. The normalized spacial score (nSPS) is 12.8. The number of ether oxygens (including phenoxy) is 1. The van der Waals surface area contributed by atoms with Crippen LogP contribution < -0.4 is 3.53 Å². The highest BCUT2D eigenvalue weighted by Crippen LogP contribution is 2.28. The molecule has 1 aromatic carbocycles. The first kappa shape index (κ1) is 19.0. The second-order valence-electron chi connectivity index (χ2n) is 4.46. The number of hydrogen-bond donors (Lipinski definition) is 3. The van der Waals surface area contributed by atoms with E-state index >= 15 is 0 Å². The molecule has 0 aromatic heterocycles. The molecular formula is C13H14INO8. The summed E-state index contributed by atoms with van der Waals surface area (Å²) in [6, 6.07) is 3.79. The Morgan fingerprint density at radius 2 is 1.78 bits per heavy atom. The van der Waals surface area contributed by atoms with Crippen molar-refractivity contribution in [2.24, 2.45) is 0 Å². The number of aromatic hydroxyl groups is 2. The maximum atomic E-state index is 12.1. The number of halogens is 1. The van der Waals surface area contributed by atoms with Crippen molar-refractivity contribution in [2.75, 3.05) is 0 Å². The Morgan fingerprint density at radius 1 is 1.13 bits per heavy atom. The third-order valence-electron chi connectivity index (χ3n) is 2.53. The van der Waals surface area contributed by atoms with E-state index in [9.17, 15) is 24.6 Å². The van der Waals surface area contributed by atoms with E-state index in [0.29, 0.717) is 5.56 Å². The summed E-state index contributed by atoms with van der Waals surface area (Å²) >= 11 is 1.57. The Balaban J connectivity index is 3.11. The summed E-state index contributed by atoms with van der Waals surface area (Å²) in [6.07, 6.45) is -0.260. The zero-order valence-corrected chi connectivity index (χ0v) is 14.3. The van der Waals surface area contributed by atoms with Gasteiger partial charge in [0, 0.05) is 43.1 Å². The lowest BCUT2D eigenvalue weighted by Crippen LogP contribution is -2.54. The highest BCUT2D eigenvalue weighted by atomic mass is 127. The van der Waals surface area contributed by atoms with E-state index in [1.165, 1.54) is 18.2 Å². The highest BCUT2D eigenvalue weighted by molar-refractivity contribution is 14.1. The first-order valence-corrected chi connectivity index (χ1v) is 7.26. The van der Waals surface area contributed by atoms with E-state index < -0.39 is 29.4 Å². The molecule has 0 saturated carbocycles.